The van der Waals surface area contributed by atoms with Crippen molar-refractivity contribution in [2.24, 2.45) is 5.73 Å². The molecule has 0 saturated heterocycles. The van der Waals surface area contributed by atoms with Crippen molar-refractivity contribution in [1.29, 1.82) is 0 Å². The molecule has 3 N–H and O–H groups in total. The average molecular weight is 310 g/mol. The first-order valence-corrected chi connectivity index (χ1v) is 7.43. The molecule has 0 aliphatic heterocycles. The molecular formula is C14H16ClN3OS. The highest BCUT2D eigenvalue weighted by molar-refractivity contribution is 7.99. The van der Waals surface area contributed by atoms with Gasteiger partial charge in [0, 0.05) is 22.7 Å². The van der Waals surface area contributed by atoms with E-state index in [1.54, 1.807) is 6.92 Å². The highest BCUT2D eigenvalue weighted by Crippen LogP contribution is 2.31. The van der Waals surface area contributed by atoms with Crippen LogP contribution in [0.25, 0.3) is 0 Å². The van der Waals surface area contributed by atoms with Gasteiger partial charge in [-0.2, -0.15) is 0 Å². The number of halogens is 1. The van der Waals surface area contributed by atoms with Gasteiger partial charge in [0.1, 0.15) is 0 Å². The summed E-state index contributed by atoms with van der Waals surface area (Å²) in [5.74, 6) is 0. The summed E-state index contributed by atoms with van der Waals surface area (Å²) < 4.78 is 0. The van der Waals surface area contributed by atoms with Gasteiger partial charge in [-0.1, -0.05) is 29.4 Å². The van der Waals surface area contributed by atoms with Gasteiger partial charge in [-0.05, 0) is 38.0 Å². The number of rotatable bonds is 4. The van der Waals surface area contributed by atoms with Gasteiger partial charge in [-0.25, -0.2) is 4.98 Å². The van der Waals surface area contributed by atoms with Gasteiger partial charge in [0.05, 0.1) is 5.02 Å². The molecule has 0 fully saturated rings. The fourth-order valence-electron chi connectivity index (χ4n) is 1.83. The predicted octanol–water partition coefficient (Wildman–Crippen LogP) is 2.77. The van der Waals surface area contributed by atoms with Crippen LogP contribution in [0, 0.1) is 6.92 Å². The van der Waals surface area contributed by atoms with E-state index in [9.17, 15) is 4.79 Å². The second kappa shape index (κ2) is 6.43. The van der Waals surface area contributed by atoms with E-state index in [1.165, 1.54) is 17.8 Å². The maximum Gasteiger partial charge on any atom is 0.251 e. The number of benzene rings is 1. The Labute approximate surface area is 126 Å². The third-order valence-corrected chi connectivity index (χ3v) is 4.00. The SMILES string of the molecule is Cc1cc(=O)[nH]c(Sc2ccc(CC(C)N)cc2Cl)n1. The zero-order valence-electron chi connectivity index (χ0n) is 11.3. The van der Waals surface area contributed by atoms with Crippen LogP contribution in [-0.2, 0) is 6.42 Å². The second-order valence-electron chi connectivity index (χ2n) is 4.74. The van der Waals surface area contributed by atoms with Crippen LogP contribution in [0.2, 0.25) is 5.02 Å². The minimum Gasteiger partial charge on any atom is -0.328 e. The number of nitrogens with one attached hydrogen (secondary N) is 1. The zero-order valence-corrected chi connectivity index (χ0v) is 12.9. The van der Waals surface area contributed by atoms with Crippen molar-refractivity contribution in [3.05, 3.63) is 50.9 Å². The largest absolute Gasteiger partial charge is 0.328 e. The molecule has 0 radical (unpaired) electrons. The first kappa shape index (κ1) is 15.1. The smallest absolute Gasteiger partial charge is 0.251 e. The van der Waals surface area contributed by atoms with Gasteiger partial charge in [-0.3, -0.25) is 4.79 Å². The monoisotopic (exact) mass is 309 g/mol. The van der Waals surface area contributed by atoms with E-state index in [0.717, 1.165) is 16.9 Å². The number of nitrogens with two attached hydrogens (primary N) is 1. The number of nitrogens with zero attached hydrogens (tertiary/aromatic N) is 1. The van der Waals surface area contributed by atoms with Crippen molar-refractivity contribution in [3.8, 4) is 0 Å². The van der Waals surface area contributed by atoms with Gasteiger partial charge in [0.2, 0.25) is 0 Å². The summed E-state index contributed by atoms with van der Waals surface area (Å²) in [5, 5.41) is 1.18. The molecule has 0 saturated carbocycles. The quantitative estimate of drug-likeness (QED) is 0.852. The number of hydrogen-bond acceptors (Lipinski definition) is 4. The highest BCUT2D eigenvalue weighted by atomic mass is 35.5. The minimum atomic E-state index is -0.162. The maximum atomic E-state index is 11.4. The third-order valence-electron chi connectivity index (χ3n) is 2.61. The highest BCUT2D eigenvalue weighted by Gasteiger charge is 2.07. The molecule has 1 aromatic carbocycles. The summed E-state index contributed by atoms with van der Waals surface area (Å²) in [6, 6.07) is 7.37. The first-order valence-electron chi connectivity index (χ1n) is 6.24. The molecule has 4 nitrogen and oxygen atoms in total. The summed E-state index contributed by atoms with van der Waals surface area (Å²) in [6.45, 7) is 3.74. The molecule has 0 amide bonds. The molecular weight excluding hydrogens is 294 g/mol. The Morgan fingerprint density at radius 3 is 2.80 bits per heavy atom. The lowest BCUT2D eigenvalue weighted by Gasteiger charge is -2.08. The normalized spacial score (nSPS) is 12.4. The van der Waals surface area contributed by atoms with Gasteiger partial charge >= 0.3 is 0 Å². The minimum absolute atomic E-state index is 0.0966. The molecule has 106 valence electrons. The molecule has 0 aliphatic rings. The number of H-pyrrole nitrogens is 1. The van der Waals surface area contributed by atoms with Crippen LogP contribution in [0.5, 0.6) is 0 Å². The van der Waals surface area contributed by atoms with Crippen LogP contribution < -0.4 is 11.3 Å². The molecule has 0 spiro atoms. The lowest BCUT2D eigenvalue weighted by atomic mass is 10.1. The van der Waals surface area contributed by atoms with Crippen molar-refractivity contribution < 1.29 is 0 Å². The summed E-state index contributed by atoms with van der Waals surface area (Å²) in [7, 11) is 0. The van der Waals surface area contributed by atoms with Crippen LogP contribution in [0.1, 0.15) is 18.2 Å². The van der Waals surface area contributed by atoms with Crippen molar-refractivity contribution in [3.63, 3.8) is 0 Å². The Morgan fingerprint density at radius 2 is 2.20 bits per heavy atom. The van der Waals surface area contributed by atoms with Crippen molar-refractivity contribution in [2.45, 2.75) is 36.4 Å². The number of aromatic amines is 1. The molecule has 6 heteroatoms. The Kier molecular flexibility index (Phi) is 4.86. The van der Waals surface area contributed by atoms with E-state index in [4.69, 9.17) is 17.3 Å². The second-order valence-corrected chi connectivity index (χ2v) is 6.18. The fourth-order valence-corrected chi connectivity index (χ4v) is 2.99. The summed E-state index contributed by atoms with van der Waals surface area (Å²) in [4.78, 5) is 19.2. The Bertz CT molecular complexity index is 670. The lowest BCUT2D eigenvalue weighted by molar-refractivity contribution is 0.737. The third kappa shape index (κ3) is 4.10. The molecule has 1 atom stereocenters. The summed E-state index contributed by atoms with van der Waals surface area (Å²) in [5.41, 5.74) is 7.39. The zero-order chi connectivity index (χ0) is 14.7. The molecule has 2 aromatic rings. The Balaban J connectivity index is 2.23. The van der Waals surface area contributed by atoms with E-state index >= 15 is 0 Å². The van der Waals surface area contributed by atoms with Crippen LogP contribution in [0.3, 0.4) is 0 Å². The molecule has 2 rings (SSSR count). The Hall–Kier alpha value is -1.30. The lowest BCUT2D eigenvalue weighted by Crippen LogP contribution is -2.17. The van der Waals surface area contributed by atoms with Gasteiger partial charge < -0.3 is 10.7 Å². The van der Waals surface area contributed by atoms with E-state index in [1.807, 2.05) is 25.1 Å². The Morgan fingerprint density at radius 1 is 1.45 bits per heavy atom. The number of hydrogen-bond donors (Lipinski definition) is 2. The molecule has 1 unspecified atom stereocenters. The van der Waals surface area contributed by atoms with E-state index in [-0.39, 0.29) is 11.6 Å². The van der Waals surface area contributed by atoms with Crippen molar-refractivity contribution in [1.82, 2.24) is 9.97 Å². The number of aryl methyl sites for hydroxylation is 1. The molecule has 1 heterocycles. The molecule has 1 aromatic heterocycles. The molecule has 0 aliphatic carbocycles. The van der Waals surface area contributed by atoms with Crippen molar-refractivity contribution in [2.75, 3.05) is 0 Å². The van der Waals surface area contributed by atoms with E-state index in [0.29, 0.717) is 15.9 Å². The first-order chi connectivity index (χ1) is 9.44. The van der Waals surface area contributed by atoms with E-state index < -0.39 is 0 Å². The van der Waals surface area contributed by atoms with Gasteiger partial charge in [-0.15, -0.1) is 0 Å². The van der Waals surface area contributed by atoms with Crippen LogP contribution in [0.15, 0.2) is 39.1 Å². The van der Waals surface area contributed by atoms with Crippen LogP contribution >= 0.6 is 23.4 Å². The standard InChI is InChI=1S/C14H16ClN3OS/c1-8(16)5-10-3-4-12(11(15)7-10)20-14-17-9(2)6-13(19)18-14/h3-4,6-8H,5,16H2,1-2H3,(H,17,18,19). The van der Waals surface area contributed by atoms with Crippen LogP contribution in [-0.4, -0.2) is 16.0 Å². The topological polar surface area (TPSA) is 71.8 Å². The van der Waals surface area contributed by atoms with Crippen LogP contribution in [0.4, 0.5) is 0 Å². The van der Waals surface area contributed by atoms with Gasteiger partial charge in [0.25, 0.3) is 5.56 Å². The summed E-state index contributed by atoms with van der Waals surface area (Å²) >= 11 is 7.60. The average Bonchev–Trinajstić information content (AvgIpc) is 2.30. The van der Waals surface area contributed by atoms with Gasteiger partial charge in [0.15, 0.2) is 5.16 Å². The fraction of sp³-hybridized carbons (Fsp3) is 0.286. The maximum absolute atomic E-state index is 11.4. The summed E-state index contributed by atoms with van der Waals surface area (Å²) in [6.07, 6.45) is 0.782. The van der Waals surface area contributed by atoms with Crippen molar-refractivity contribution >= 4 is 23.4 Å². The predicted molar refractivity (Wildman–Crippen MR) is 82.5 cm³/mol. The molecule has 20 heavy (non-hydrogen) atoms. The molecule has 0 bridgehead atoms. The number of aromatic nitrogens is 2. The van der Waals surface area contributed by atoms with E-state index in [2.05, 4.69) is 9.97 Å².